The molecule has 8 N–H and O–H groups in total. The predicted molar refractivity (Wildman–Crippen MR) is 206 cm³/mol. The largest absolute Gasteiger partial charge is 0.457 e. The van der Waals surface area contributed by atoms with E-state index in [1.54, 1.807) is 0 Å². The standard InChI is InChI=1S/C43H70O15/c1-22(18-44)9-8-14-42(7,53)25-12-16-41(6)24(25)10-11-28-40(5)15-13-31(39(3,4)29(40)17-30(48)43(28,41)21-46)57-38-36(34(51)32(49)26(19-45)56-38)58-37-35(52)33(50)27(20-54-37)55-23(2)47/h9,21,24-38,44-45,48-53H,8,10-20H2,1-7H3/b22-9+/t24-,25+,26-,27+,28-,29+,30+,31+,32-,33+,34+,35-,36-,37+,38+,40-,41-,42+,43+/m1/s1. The zero-order chi connectivity index (χ0) is 42.7. The summed E-state index contributed by atoms with van der Waals surface area (Å²) < 4.78 is 29.4. The van der Waals surface area contributed by atoms with Gasteiger partial charge in [-0.3, -0.25) is 4.79 Å². The average Bonchev–Trinajstić information content (AvgIpc) is 3.54. The van der Waals surface area contributed by atoms with Gasteiger partial charge in [0, 0.05) is 6.92 Å². The van der Waals surface area contributed by atoms with Crippen LogP contribution in [0.4, 0.5) is 0 Å². The molecule has 0 aromatic heterocycles. The van der Waals surface area contributed by atoms with Gasteiger partial charge >= 0.3 is 5.97 Å². The number of hydrogen-bond donors (Lipinski definition) is 8. The zero-order valence-corrected chi connectivity index (χ0v) is 35.2. The monoisotopic (exact) mass is 826 g/mol. The van der Waals surface area contributed by atoms with Crippen LogP contribution < -0.4 is 0 Å². The number of rotatable bonds is 12. The number of carbonyl (C=O) groups is 2. The van der Waals surface area contributed by atoms with Crippen molar-refractivity contribution in [1.82, 2.24) is 0 Å². The van der Waals surface area contributed by atoms with E-state index < -0.39 is 102 Å². The molecular formula is C43H70O15. The molecule has 0 amide bonds. The van der Waals surface area contributed by atoms with Crippen LogP contribution in [0.3, 0.4) is 0 Å². The van der Waals surface area contributed by atoms with E-state index in [9.17, 15) is 50.4 Å². The van der Waals surface area contributed by atoms with Gasteiger partial charge in [-0.2, -0.15) is 0 Å². The summed E-state index contributed by atoms with van der Waals surface area (Å²) in [7, 11) is 0. The van der Waals surface area contributed by atoms with E-state index in [1.807, 2.05) is 19.9 Å². The van der Waals surface area contributed by atoms with E-state index in [2.05, 4.69) is 27.7 Å². The molecule has 6 rings (SSSR count). The van der Waals surface area contributed by atoms with Gasteiger partial charge < -0.3 is 69.3 Å². The van der Waals surface area contributed by atoms with Crippen LogP contribution in [0, 0.1) is 45.3 Å². The maximum Gasteiger partial charge on any atom is 0.303 e. The molecule has 2 aliphatic heterocycles. The fourth-order valence-electron chi connectivity index (χ4n) is 13.3. The van der Waals surface area contributed by atoms with Gasteiger partial charge in [0.25, 0.3) is 0 Å². The van der Waals surface area contributed by atoms with E-state index in [1.165, 1.54) is 0 Å². The van der Waals surface area contributed by atoms with Crippen molar-refractivity contribution in [2.75, 3.05) is 19.8 Å². The van der Waals surface area contributed by atoms with Crippen molar-refractivity contribution in [2.24, 2.45) is 45.3 Å². The van der Waals surface area contributed by atoms with Gasteiger partial charge in [-0.05, 0) is 112 Å². The van der Waals surface area contributed by atoms with Crippen molar-refractivity contribution < 1.29 is 74.1 Å². The smallest absolute Gasteiger partial charge is 0.303 e. The molecule has 4 saturated carbocycles. The average molecular weight is 827 g/mol. The van der Waals surface area contributed by atoms with Gasteiger partial charge in [0.1, 0.15) is 42.9 Å². The van der Waals surface area contributed by atoms with Gasteiger partial charge in [0.15, 0.2) is 18.7 Å². The molecule has 4 aliphatic carbocycles. The summed E-state index contributed by atoms with van der Waals surface area (Å²) in [5.74, 6) is -0.952. The van der Waals surface area contributed by atoms with Crippen LogP contribution in [0.5, 0.6) is 0 Å². The van der Waals surface area contributed by atoms with Crippen molar-refractivity contribution in [3.8, 4) is 0 Å². The quantitative estimate of drug-likeness (QED) is 0.0602. The van der Waals surface area contributed by atoms with Gasteiger partial charge in [0.05, 0.1) is 43.0 Å². The lowest BCUT2D eigenvalue weighted by molar-refractivity contribution is -0.371. The van der Waals surface area contributed by atoms with Crippen molar-refractivity contribution in [3.63, 3.8) is 0 Å². The van der Waals surface area contributed by atoms with Crippen molar-refractivity contribution >= 4 is 12.3 Å². The number of allylic oxidation sites excluding steroid dienone is 1. The SMILES string of the molecule is CC(=O)O[C@H]1CO[C@@H](O[C@H]2[C@H](O[C@H]3CC[C@]4(C)[C@H]5CC[C@@H]6[C@@H]([C@@](C)(O)CC/C=C(\C)CO)CC[C@@]6(C)[C@]5(C=O)[C@@H](O)C[C@H]4C3(C)C)O[C@H](CO)[C@@H](O)[C@@H]2O)[C@H](O)[C@H]1O. The fourth-order valence-corrected chi connectivity index (χ4v) is 13.3. The Hall–Kier alpha value is -1.60. The highest BCUT2D eigenvalue weighted by Gasteiger charge is 2.74. The molecule has 19 atom stereocenters. The van der Waals surface area contributed by atoms with Gasteiger partial charge in [-0.1, -0.05) is 39.3 Å². The number of esters is 1. The molecule has 0 radical (unpaired) electrons. The Morgan fingerprint density at radius 2 is 1.59 bits per heavy atom. The van der Waals surface area contributed by atoms with Crippen LogP contribution in [0.25, 0.3) is 0 Å². The molecule has 6 aliphatic rings. The molecule has 6 fully saturated rings. The highest BCUT2D eigenvalue weighted by atomic mass is 16.8. The molecule has 0 spiro atoms. The molecule has 2 heterocycles. The number of aldehydes is 1. The Balaban J connectivity index is 1.23. The summed E-state index contributed by atoms with van der Waals surface area (Å²) in [6, 6.07) is 0. The number of aliphatic hydroxyl groups excluding tert-OH is 7. The lowest BCUT2D eigenvalue weighted by Crippen LogP contribution is -2.70. The summed E-state index contributed by atoms with van der Waals surface area (Å²) in [5.41, 5.74) is -2.71. The molecule has 0 aromatic carbocycles. The van der Waals surface area contributed by atoms with Gasteiger partial charge in [-0.25, -0.2) is 0 Å². The Morgan fingerprint density at radius 3 is 2.22 bits per heavy atom. The molecule has 0 aromatic rings. The summed E-state index contributed by atoms with van der Waals surface area (Å²) >= 11 is 0. The Morgan fingerprint density at radius 1 is 0.879 bits per heavy atom. The van der Waals surface area contributed by atoms with E-state index >= 15 is 0 Å². The van der Waals surface area contributed by atoms with Crippen LogP contribution in [0.1, 0.15) is 106 Å². The normalized spacial score (nSPS) is 48.9. The fraction of sp³-hybridized carbons (Fsp3) is 0.907. The maximum absolute atomic E-state index is 13.8. The van der Waals surface area contributed by atoms with Gasteiger partial charge in [-0.15, -0.1) is 0 Å². The Bertz CT molecular complexity index is 1500. The summed E-state index contributed by atoms with van der Waals surface area (Å²) in [4.78, 5) is 25.3. The first-order valence-corrected chi connectivity index (χ1v) is 21.4. The summed E-state index contributed by atoms with van der Waals surface area (Å²) in [5, 5.41) is 87.6. The third kappa shape index (κ3) is 7.54. The summed E-state index contributed by atoms with van der Waals surface area (Å²) in [6.45, 7) is 12.5. The van der Waals surface area contributed by atoms with Crippen LogP contribution in [0.15, 0.2) is 11.6 Å². The molecule has 0 bridgehead atoms. The third-order valence-corrected chi connectivity index (χ3v) is 16.4. The minimum absolute atomic E-state index is 0.0220. The molecular weight excluding hydrogens is 756 g/mol. The molecule has 15 heteroatoms. The Kier molecular flexibility index (Phi) is 13.4. The van der Waals surface area contributed by atoms with E-state index in [0.717, 1.165) is 38.0 Å². The number of carbonyl (C=O) groups excluding carboxylic acids is 2. The molecule has 15 nitrogen and oxygen atoms in total. The van der Waals surface area contributed by atoms with Crippen LogP contribution in [-0.2, 0) is 33.3 Å². The third-order valence-electron chi connectivity index (χ3n) is 16.4. The summed E-state index contributed by atoms with van der Waals surface area (Å²) in [6.07, 6.45) is -6.05. The van der Waals surface area contributed by atoms with Crippen molar-refractivity contribution in [2.45, 2.75) is 179 Å². The number of hydrogen-bond acceptors (Lipinski definition) is 15. The second-order valence-corrected chi connectivity index (χ2v) is 19.9. The molecule has 332 valence electrons. The lowest BCUT2D eigenvalue weighted by atomic mass is 9.34. The first-order valence-electron chi connectivity index (χ1n) is 21.4. The van der Waals surface area contributed by atoms with E-state index in [-0.39, 0.29) is 42.3 Å². The van der Waals surface area contributed by atoms with Crippen LogP contribution >= 0.6 is 0 Å². The van der Waals surface area contributed by atoms with Crippen molar-refractivity contribution in [1.29, 1.82) is 0 Å². The predicted octanol–water partition coefficient (Wildman–Crippen LogP) is 1.51. The van der Waals surface area contributed by atoms with E-state index in [0.29, 0.717) is 38.5 Å². The topological polar surface area (TPSA) is 242 Å². The zero-order valence-electron chi connectivity index (χ0n) is 35.2. The highest BCUT2D eigenvalue weighted by molar-refractivity contribution is 5.66. The Labute approximate surface area is 342 Å². The highest BCUT2D eigenvalue weighted by Crippen LogP contribution is 2.75. The van der Waals surface area contributed by atoms with Crippen LogP contribution in [-0.4, -0.2) is 146 Å². The lowest BCUT2D eigenvalue weighted by Gasteiger charge is -2.70. The molecule has 0 unspecified atom stereocenters. The second kappa shape index (κ2) is 16.9. The minimum atomic E-state index is -1.70. The number of ether oxygens (including phenoxy) is 5. The van der Waals surface area contributed by atoms with E-state index in [4.69, 9.17) is 23.7 Å². The first-order chi connectivity index (χ1) is 27.1. The first kappa shape index (κ1) is 45.9. The molecule has 58 heavy (non-hydrogen) atoms. The number of fused-ring (bicyclic) bond motifs is 5. The maximum atomic E-state index is 13.8. The van der Waals surface area contributed by atoms with Crippen LogP contribution in [0.2, 0.25) is 0 Å². The number of aliphatic hydroxyl groups is 8. The van der Waals surface area contributed by atoms with Gasteiger partial charge in [0.2, 0.25) is 0 Å². The second-order valence-electron chi connectivity index (χ2n) is 19.9. The molecule has 2 saturated heterocycles. The van der Waals surface area contributed by atoms with Crippen molar-refractivity contribution in [3.05, 3.63) is 11.6 Å². The minimum Gasteiger partial charge on any atom is -0.457 e.